The molecule has 5 rings (SSSR count). The van der Waals surface area contributed by atoms with Crippen molar-refractivity contribution < 1.29 is 38.1 Å². The third kappa shape index (κ3) is 13.0. The average Bonchev–Trinajstić information content (AvgIpc) is 3.61. The molecule has 10 nitrogen and oxygen atoms in total. The summed E-state index contributed by atoms with van der Waals surface area (Å²) >= 11 is 0. The molecule has 10 heteroatoms. The standard InChI is InChI=1S/C46H54N2O8/c1-3-5-7-9-11-13-15-33-52-39-25-21-37(22-26-39)45(49)54-41-29-17-35(18-30-41)43-44(48(51)56-47-43)36-19-31-42(32-20-36)55-46(50)38-23-27-40(28-24-38)53-34-16-14-12-10-8-6-4-2/h17-32H,3-16,33-34H2,1-2H3. The fourth-order valence-electron chi connectivity index (χ4n) is 6.25. The number of rotatable bonds is 24. The van der Waals surface area contributed by atoms with E-state index in [-0.39, 0.29) is 5.69 Å². The maximum atomic E-state index is 12.8. The summed E-state index contributed by atoms with van der Waals surface area (Å²) in [6, 6.07) is 26.9. The van der Waals surface area contributed by atoms with Crippen molar-refractivity contribution in [3.63, 3.8) is 0 Å². The third-order valence-electron chi connectivity index (χ3n) is 9.50. The van der Waals surface area contributed by atoms with E-state index >= 15 is 0 Å². The molecule has 56 heavy (non-hydrogen) atoms. The average molecular weight is 763 g/mol. The fraction of sp³-hybridized carbons (Fsp3) is 0.391. The highest BCUT2D eigenvalue weighted by atomic mass is 16.8. The highest BCUT2D eigenvalue weighted by Crippen LogP contribution is 2.31. The van der Waals surface area contributed by atoms with Gasteiger partial charge in [0.15, 0.2) is 0 Å². The van der Waals surface area contributed by atoms with Crippen molar-refractivity contribution in [3.8, 4) is 45.5 Å². The number of aromatic nitrogens is 2. The van der Waals surface area contributed by atoms with E-state index in [0.29, 0.717) is 69.1 Å². The Hall–Kier alpha value is -5.64. The Morgan fingerprint density at radius 2 is 0.893 bits per heavy atom. The first kappa shape index (κ1) is 41.5. The van der Waals surface area contributed by atoms with Crippen molar-refractivity contribution in [2.45, 2.75) is 104 Å². The molecule has 0 atom stereocenters. The van der Waals surface area contributed by atoms with Crippen LogP contribution in [0.5, 0.6) is 23.0 Å². The van der Waals surface area contributed by atoms with Crippen LogP contribution in [0.3, 0.4) is 0 Å². The lowest BCUT2D eigenvalue weighted by Gasteiger charge is -2.08. The Kier molecular flexibility index (Phi) is 16.8. The summed E-state index contributed by atoms with van der Waals surface area (Å²) < 4.78 is 27.8. The zero-order valence-electron chi connectivity index (χ0n) is 32.7. The van der Waals surface area contributed by atoms with Gasteiger partial charge in [-0.05, 0) is 115 Å². The zero-order valence-corrected chi connectivity index (χ0v) is 32.7. The molecule has 0 unspecified atom stereocenters. The van der Waals surface area contributed by atoms with Crippen molar-refractivity contribution in [1.29, 1.82) is 0 Å². The van der Waals surface area contributed by atoms with Gasteiger partial charge in [0.2, 0.25) is 5.69 Å². The van der Waals surface area contributed by atoms with E-state index in [2.05, 4.69) is 19.0 Å². The number of benzene rings is 4. The molecule has 0 amide bonds. The molecule has 0 saturated carbocycles. The summed E-state index contributed by atoms with van der Waals surface area (Å²) in [5.74, 6) is 1.05. The van der Waals surface area contributed by atoms with Crippen LogP contribution in [-0.4, -0.2) is 30.3 Å². The molecule has 5 aromatic rings. The van der Waals surface area contributed by atoms with Crippen LogP contribution in [-0.2, 0) is 0 Å². The lowest BCUT2D eigenvalue weighted by molar-refractivity contribution is -0.793. The zero-order chi connectivity index (χ0) is 39.4. The lowest BCUT2D eigenvalue weighted by atomic mass is 10.0. The van der Waals surface area contributed by atoms with E-state index in [9.17, 15) is 14.8 Å². The first-order chi connectivity index (χ1) is 27.4. The Morgan fingerprint density at radius 3 is 1.32 bits per heavy atom. The molecule has 0 aliphatic heterocycles. The van der Waals surface area contributed by atoms with Crippen LogP contribution in [0.15, 0.2) is 102 Å². The van der Waals surface area contributed by atoms with Gasteiger partial charge in [0.05, 0.1) is 24.3 Å². The SMILES string of the molecule is CCCCCCCCCOc1ccc(C(=O)Oc2ccc(-c3no[n+]([O-])c3-c3ccc(OC(=O)c4ccc(OCCCCCCCCC)cc4)cc3)cc2)cc1. The number of carbonyl (C=O) groups is 2. The molecule has 0 radical (unpaired) electrons. The van der Waals surface area contributed by atoms with Crippen LogP contribution in [0, 0.1) is 5.21 Å². The van der Waals surface area contributed by atoms with Gasteiger partial charge in [-0.25, -0.2) is 9.59 Å². The molecular formula is C46H54N2O8. The number of carbonyl (C=O) groups excluding carboxylic acids is 2. The van der Waals surface area contributed by atoms with Crippen molar-refractivity contribution in [2.75, 3.05) is 13.2 Å². The van der Waals surface area contributed by atoms with Crippen molar-refractivity contribution in [1.82, 2.24) is 5.16 Å². The molecule has 0 aliphatic rings. The third-order valence-corrected chi connectivity index (χ3v) is 9.50. The lowest BCUT2D eigenvalue weighted by Crippen LogP contribution is -2.25. The highest BCUT2D eigenvalue weighted by molar-refractivity contribution is 5.92. The van der Waals surface area contributed by atoms with Gasteiger partial charge >= 0.3 is 11.9 Å². The maximum absolute atomic E-state index is 12.8. The van der Waals surface area contributed by atoms with Crippen LogP contribution in [0.4, 0.5) is 0 Å². The van der Waals surface area contributed by atoms with Crippen LogP contribution in [0.2, 0.25) is 0 Å². The summed E-state index contributed by atoms with van der Waals surface area (Å²) in [5.41, 5.74) is 2.34. The predicted molar refractivity (Wildman–Crippen MR) is 216 cm³/mol. The second kappa shape index (κ2) is 22.7. The van der Waals surface area contributed by atoms with Gasteiger partial charge in [0.1, 0.15) is 23.0 Å². The van der Waals surface area contributed by atoms with Gasteiger partial charge in [-0.3, -0.25) is 4.63 Å². The molecule has 1 heterocycles. The Bertz CT molecular complexity index is 1900. The van der Waals surface area contributed by atoms with E-state index in [0.717, 1.165) is 25.7 Å². The summed E-state index contributed by atoms with van der Waals surface area (Å²) in [5, 5.41) is 16.6. The summed E-state index contributed by atoms with van der Waals surface area (Å²) in [7, 11) is 0. The number of hydrogen-bond donors (Lipinski definition) is 0. The molecule has 4 aromatic carbocycles. The molecule has 0 fully saturated rings. The highest BCUT2D eigenvalue weighted by Gasteiger charge is 2.23. The topological polar surface area (TPSA) is 124 Å². The summed E-state index contributed by atoms with van der Waals surface area (Å²) in [4.78, 5) is 26.0. The first-order valence-electron chi connectivity index (χ1n) is 20.2. The predicted octanol–water partition coefficient (Wildman–Crippen LogP) is 11.3. The van der Waals surface area contributed by atoms with Gasteiger partial charge in [0.25, 0.3) is 5.69 Å². The Labute approximate surface area is 330 Å². The first-order valence-corrected chi connectivity index (χ1v) is 20.2. The van der Waals surface area contributed by atoms with Crippen LogP contribution >= 0.6 is 0 Å². The minimum absolute atomic E-state index is 0.175. The quantitative estimate of drug-likeness (QED) is 0.0261. The minimum atomic E-state index is -0.512. The molecule has 296 valence electrons. The van der Waals surface area contributed by atoms with Gasteiger partial charge in [-0.15, -0.1) is 0 Å². The minimum Gasteiger partial charge on any atom is -0.494 e. The van der Waals surface area contributed by atoms with Crippen LogP contribution in [0.25, 0.3) is 22.5 Å². The number of esters is 2. The van der Waals surface area contributed by atoms with E-state index in [1.54, 1.807) is 97.1 Å². The number of hydrogen-bond acceptors (Lipinski definition) is 9. The van der Waals surface area contributed by atoms with Crippen molar-refractivity contribution in [2.24, 2.45) is 0 Å². The van der Waals surface area contributed by atoms with Crippen molar-refractivity contribution >= 4 is 11.9 Å². The molecule has 0 N–H and O–H groups in total. The molecule has 0 aliphatic carbocycles. The van der Waals surface area contributed by atoms with Crippen LogP contribution in [0.1, 0.15) is 124 Å². The normalized spacial score (nSPS) is 11.0. The number of unbranched alkanes of at least 4 members (excludes halogenated alkanes) is 12. The van der Waals surface area contributed by atoms with E-state index in [1.807, 2.05) is 0 Å². The summed E-state index contributed by atoms with van der Waals surface area (Å²) in [6.07, 6.45) is 17.0. The summed E-state index contributed by atoms with van der Waals surface area (Å²) in [6.45, 7) is 5.74. The Balaban J connectivity index is 1.09. The molecular weight excluding hydrogens is 709 g/mol. The maximum Gasteiger partial charge on any atom is 0.343 e. The number of nitrogens with zero attached hydrogens (tertiary/aromatic N) is 2. The largest absolute Gasteiger partial charge is 0.494 e. The fourth-order valence-corrected chi connectivity index (χ4v) is 6.25. The van der Waals surface area contributed by atoms with E-state index in [4.69, 9.17) is 23.6 Å². The van der Waals surface area contributed by atoms with E-state index < -0.39 is 11.9 Å². The van der Waals surface area contributed by atoms with Crippen molar-refractivity contribution in [3.05, 3.63) is 113 Å². The molecule has 1 aromatic heterocycles. The monoisotopic (exact) mass is 762 g/mol. The van der Waals surface area contributed by atoms with Gasteiger partial charge in [0, 0.05) is 16.3 Å². The second-order valence-electron chi connectivity index (χ2n) is 13.9. The van der Waals surface area contributed by atoms with Gasteiger partial charge < -0.3 is 24.2 Å². The molecule has 0 spiro atoms. The number of ether oxygens (including phenoxy) is 4. The second-order valence-corrected chi connectivity index (χ2v) is 13.9. The van der Waals surface area contributed by atoms with Crippen LogP contribution < -0.4 is 23.9 Å². The molecule has 0 bridgehead atoms. The molecule has 0 saturated heterocycles. The van der Waals surface area contributed by atoms with Gasteiger partial charge in [-0.2, -0.15) is 0 Å². The van der Waals surface area contributed by atoms with Gasteiger partial charge in [-0.1, -0.05) is 90.9 Å². The smallest absolute Gasteiger partial charge is 0.343 e. The van der Waals surface area contributed by atoms with E-state index in [1.165, 1.54) is 64.2 Å². The Morgan fingerprint density at radius 1 is 0.518 bits per heavy atom.